The second-order valence-corrected chi connectivity index (χ2v) is 9.56. The van der Waals surface area contributed by atoms with Crippen LogP contribution in [0.1, 0.15) is 36.7 Å². The normalized spacial score (nSPS) is 24.6. The van der Waals surface area contributed by atoms with Crippen LogP contribution in [0.15, 0.2) is 24.3 Å². The molecule has 142 valence electrons. The number of fused-ring (bicyclic) bond motifs is 1. The van der Waals surface area contributed by atoms with E-state index in [1.807, 2.05) is 39.0 Å². The van der Waals surface area contributed by atoms with E-state index >= 15 is 0 Å². The molecule has 2 heterocycles. The number of hydrogen-bond acceptors (Lipinski definition) is 4. The van der Waals surface area contributed by atoms with Gasteiger partial charge in [0.15, 0.2) is 9.84 Å². The van der Waals surface area contributed by atoms with Crippen molar-refractivity contribution in [2.24, 2.45) is 5.92 Å². The van der Waals surface area contributed by atoms with E-state index in [1.165, 1.54) is 0 Å². The Morgan fingerprint density at radius 2 is 1.65 bits per heavy atom. The second-order valence-electron chi connectivity index (χ2n) is 7.41. The van der Waals surface area contributed by atoms with E-state index in [0.29, 0.717) is 18.7 Å². The molecule has 2 aliphatic heterocycles. The summed E-state index contributed by atoms with van der Waals surface area (Å²) in [5.41, 5.74) is 1.58. The zero-order valence-electron chi connectivity index (χ0n) is 15.5. The Bertz CT molecular complexity index is 819. The Morgan fingerprint density at radius 3 is 2.27 bits per heavy atom. The number of hydrogen-bond donors (Lipinski definition) is 0. The summed E-state index contributed by atoms with van der Waals surface area (Å²) >= 11 is 0. The Morgan fingerprint density at radius 1 is 1.08 bits per heavy atom. The van der Waals surface area contributed by atoms with Crippen LogP contribution in [0.5, 0.6) is 0 Å². The maximum atomic E-state index is 13.2. The van der Waals surface area contributed by atoms with E-state index in [-0.39, 0.29) is 29.2 Å². The molecule has 3 rings (SSSR count). The lowest BCUT2D eigenvalue weighted by molar-refractivity contribution is -0.139. The van der Waals surface area contributed by atoms with Gasteiger partial charge in [-0.3, -0.25) is 9.59 Å². The van der Waals surface area contributed by atoms with Gasteiger partial charge in [-0.25, -0.2) is 8.42 Å². The lowest BCUT2D eigenvalue weighted by Crippen LogP contribution is -2.62. The van der Waals surface area contributed by atoms with Crippen molar-refractivity contribution in [3.05, 3.63) is 35.4 Å². The highest BCUT2D eigenvalue weighted by Gasteiger charge is 2.49. The fraction of sp³-hybridized carbons (Fsp3) is 0.579. The van der Waals surface area contributed by atoms with E-state index < -0.39 is 21.9 Å². The molecule has 1 aromatic carbocycles. The Hall–Kier alpha value is -1.89. The van der Waals surface area contributed by atoms with Gasteiger partial charge in [0, 0.05) is 24.6 Å². The van der Waals surface area contributed by atoms with Crippen LogP contribution in [0.4, 0.5) is 0 Å². The first-order chi connectivity index (χ1) is 12.2. The van der Waals surface area contributed by atoms with Crippen LogP contribution in [-0.2, 0) is 21.1 Å². The second kappa shape index (κ2) is 7.02. The number of aryl methyl sites for hydroxylation is 1. The molecule has 2 atom stereocenters. The summed E-state index contributed by atoms with van der Waals surface area (Å²) in [4.78, 5) is 29.0. The fourth-order valence-corrected chi connectivity index (χ4v) is 5.98. The molecular weight excluding hydrogens is 352 g/mol. The minimum absolute atomic E-state index is 0.0434. The number of amides is 2. The molecule has 0 unspecified atom stereocenters. The molecule has 2 saturated heterocycles. The molecule has 0 saturated carbocycles. The van der Waals surface area contributed by atoms with Crippen LogP contribution in [0.2, 0.25) is 0 Å². The zero-order valence-corrected chi connectivity index (χ0v) is 16.3. The van der Waals surface area contributed by atoms with E-state index in [2.05, 4.69) is 0 Å². The monoisotopic (exact) mass is 378 g/mol. The molecule has 0 aromatic heterocycles. The first-order valence-electron chi connectivity index (χ1n) is 9.15. The molecule has 2 fully saturated rings. The van der Waals surface area contributed by atoms with Gasteiger partial charge in [-0.15, -0.1) is 0 Å². The number of sulfone groups is 1. The standard InChI is InChI=1S/C19H26N2O4S/c1-4-14-7-5-6-8-15(14)19(23)21-10-9-20(18(22)13(2)3)16-11-26(24,25)12-17(16)21/h5-8,13,16-17H,4,9-12H2,1-3H3/t16-,17+/m1/s1. The fourth-order valence-electron chi connectivity index (χ4n) is 4.00. The van der Waals surface area contributed by atoms with Gasteiger partial charge in [0.05, 0.1) is 23.6 Å². The zero-order chi connectivity index (χ0) is 19.1. The van der Waals surface area contributed by atoms with Crippen molar-refractivity contribution in [1.29, 1.82) is 0 Å². The van der Waals surface area contributed by atoms with Gasteiger partial charge in [-0.1, -0.05) is 39.0 Å². The summed E-state index contributed by atoms with van der Waals surface area (Å²) in [6, 6.07) is 6.54. The maximum Gasteiger partial charge on any atom is 0.254 e. The summed E-state index contributed by atoms with van der Waals surface area (Å²) in [6.45, 7) is 6.37. The van der Waals surface area contributed by atoms with E-state index in [0.717, 1.165) is 12.0 Å². The number of nitrogens with zero attached hydrogens (tertiary/aromatic N) is 2. The van der Waals surface area contributed by atoms with Crippen molar-refractivity contribution in [1.82, 2.24) is 9.80 Å². The minimum Gasteiger partial charge on any atom is -0.335 e. The molecule has 1 aromatic rings. The SMILES string of the molecule is CCc1ccccc1C(=O)N1CCN(C(=O)C(C)C)[C@@H]2CS(=O)(=O)C[C@@H]21. The van der Waals surface area contributed by atoms with Gasteiger partial charge >= 0.3 is 0 Å². The summed E-state index contributed by atoms with van der Waals surface area (Å²) in [5, 5.41) is 0. The number of benzene rings is 1. The van der Waals surface area contributed by atoms with Crippen molar-refractivity contribution in [3.8, 4) is 0 Å². The van der Waals surface area contributed by atoms with Gasteiger partial charge in [0.2, 0.25) is 5.91 Å². The summed E-state index contributed by atoms with van der Waals surface area (Å²) in [5.74, 6) is -0.499. The predicted octanol–water partition coefficient (Wildman–Crippen LogP) is 1.36. The highest BCUT2D eigenvalue weighted by Crippen LogP contribution is 2.29. The van der Waals surface area contributed by atoms with Crippen LogP contribution >= 0.6 is 0 Å². The van der Waals surface area contributed by atoms with Gasteiger partial charge < -0.3 is 9.80 Å². The third-order valence-corrected chi connectivity index (χ3v) is 7.04. The molecule has 0 spiro atoms. The predicted molar refractivity (Wildman–Crippen MR) is 99.6 cm³/mol. The molecule has 0 aliphatic carbocycles. The maximum absolute atomic E-state index is 13.2. The first-order valence-corrected chi connectivity index (χ1v) is 11.0. The van der Waals surface area contributed by atoms with Crippen molar-refractivity contribution in [2.75, 3.05) is 24.6 Å². The minimum atomic E-state index is -3.27. The summed E-state index contributed by atoms with van der Waals surface area (Å²) in [6.07, 6.45) is 0.736. The molecule has 26 heavy (non-hydrogen) atoms. The highest BCUT2D eigenvalue weighted by molar-refractivity contribution is 7.91. The van der Waals surface area contributed by atoms with E-state index in [4.69, 9.17) is 0 Å². The Balaban J connectivity index is 1.93. The highest BCUT2D eigenvalue weighted by atomic mass is 32.2. The van der Waals surface area contributed by atoms with Crippen LogP contribution in [0.3, 0.4) is 0 Å². The number of piperazine rings is 1. The Labute approximate surface area is 155 Å². The number of rotatable bonds is 3. The molecule has 0 bridgehead atoms. The van der Waals surface area contributed by atoms with Crippen LogP contribution in [-0.4, -0.2) is 66.7 Å². The average molecular weight is 378 g/mol. The quantitative estimate of drug-likeness (QED) is 0.796. The molecular formula is C19H26N2O4S. The average Bonchev–Trinajstić information content (AvgIpc) is 2.94. The molecule has 2 aliphatic rings. The Kier molecular flexibility index (Phi) is 5.10. The third-order valence-electron chi connectivity index (χ3n) is 5.34. The van der Waals surface area contributed by atoms with Gasteiger partial charge in [-0.05, 0) is 18.1 Å². The first kappa shape index (κ1) is 18.9. The molecule has 6 nitrogen and oxygen atoms in total. The largest absolute Gasteiger partial charge is 0.335 e. The molecule has 0 N–H and O–H groups in total. The smallest absolute Gasteiger partial charge is 0.254 e. The molecule has 0 radical (unpaired) electrons. The lowest BCUT2D eigenvalue weighted by Gasteiger charge is -2.44. The van der Waals surface area contributed by atoms with Gasteiger partial charge in [0.1, 0.15) is 0 Å². The third kappa shape index (κ3) is 3.37. The van der Waals surface area contributed by atoms with E-state index in [9.17, 15) is 18.0 Å². The summed E-state index contributed by atoms with van der Waals surface area (Å²) in [7, 11) is -3.27. The van der Waals surface area contributed by atoms with Crippen molar-refractivity contribution in [3.63, 3.8) is 0 Å². The van der Waals surface area contributed by atoms with Crippen molar-refractivity contribution < 1.29 is 18.0 Å². The number of carbonyl (C=O) groups excluding carboxylic acids is 2. The number of carbonyl (C=O) groups is 2. The van der Waals surface area contributed by atoms with E-state index in [1.54, 1.807) is 15.9 Å². The van der Waals surface area contributed by atoms with Crippen LogP contribution in [0, 0.1) is 5.92 Å². The van der Waals surface area contributed by atoms with Crippen molar-refractivity contribution >= 4 is 21.7 Å². The molecule has 2 amide bonds. The topological polar surface area (TPSA) is 74.8 Å². The van der Waals surface area contributed by atoms with Crippen LogP contribution < -0.4 is 0 Å². The molecule has 7 heteroatoms. The van der Waals surface area contributed by atoms with Gasteiger partial charge in [0.25, 0.3) is 5.91 Å². The van der Waals surface area contributed by atoms with Gasteiger partial charge in [-0.2, -0.15) is 0 Å². The lowest BCUT2D eigenvalue weighted by atomic mass is 9.99. The van der Waals surface area contributed by atoms with Crippen LogP contribution in [0.25, 0.3) is 0 Å². The van der Waals surface area contributed by atoms with Crippen molar-refractivity contribution in [2.45, 2.75) is 39.3 Å². The summed E-state index contributed by atoms with van der Waals surface area (Å²) < 4.78 is 24.6.